The number of hydrogen-bond acceptors (Lipinski definition) is 8. The van der Waals surface area contributed by atoms with E-state index in [4.69, 9.17) is 64.8 Å². The number of benzene rings is 8. The van der Waals surface area contributed by atoms with Gasteiger partial charge in [-0.2, -0.15) is 20.0 Å². The molecule has 0 saturated carbocycles. The van der Waals surface area contributed by atoms with E-state index in [1.165, 1.54) is 28.4 Å². The predicted molar refractivity (Wildman–Crippen MR) is 290 cm³/mol. The van der Waals surface area contributed by atoms with E-state index in [-0.39, 0.29) is 29.4 Å². The summed E-state index contributed by atoms with van der Waals surface area (Å²) in [7, 11) is 6.02. The number of carbonyl (C=O) groups is 4. The van der Waals surface area contributed by atoms with E-state index in [0.717, 1.165) is 47.6 Å². The first kappa shape index (κ1) is 54.2. The first-order valence-electron chi connectivity index (χ1n) is 21.4. The van der Waals surface area contributed by atoms with Gasteiger partial charge in [-0.3, -0.25) is 19.2 Å². The van der Waals surface area contributed by atoms with Gasteiger partial charge in [0.05, 0.1) is 45.1 Å². The lowest BCUT2D eigenvalue weighted by molar-refractivity contribution is 0.0991. The van der Waals surface area contributed by atoms with Crippen LogP contribution in [0.4, 0.5) is 0 Å². The highest BCUT2D eigenvalue weighted by atomic mass is 79.9. The van der Waals surface area contributed by atoms with Crippen molar-refractivity contribution >= 4 is 106 Å². The summed E-state index contributed by atoms with van der Waals surface area (Å²) < 4.78 is 22.1. The lowest BCUT2D eigenvalue weighted by atomic mass is 10.0. The summed E-state index contributed by atoms with van der Waals surface area (Å²) in [6, 6.07) is 42.3. The van der Waals surface area contributed by atoms with Crippen LogP contribution in [0, 0.1) is 0 Å². The molecule has 4 amide bonds. The molecule has 20 nitrogen and oxygen atoms in total. The van der Waals surface area contributed by atoms with E-state index < -0.39 is 23.6 Å². The van der Waals surface area contributed by atoms with Crippen molar-refractivity contribution in [1.82, 2.24) is 0 Å². The van der Waals surface area contributed by atoms with Crippen molar-refractivity contribution < 1.29 is 38.1 Å². The Morgan fingerprint density at radius 1 is 0.370 bits per heavy atom. The monoisotopic (exact) mass is 1050 g/mol. The van der Waals surface area contributed by atoms with Crippen molar-refractivity contribution in [3.63, 3.8) is 0 Å². The number of ether oxygens (including phenoxy) is 4. The number of fused-ring (bicyclic) bond motifs is 4. The molecule has 16 N–H and O–H groups in total. The lowest BCUT2D eigenvalue weighted by Gasteiger charge is -2.13. The number of hydrogen-bond donors (Lipinski definition) is 8. The zero-order valence-electron chi connectivity index (χ0n) is 39.8. The van der Waals surface area contributed by atoms with E-state index >= 15 is 0 Å². The molecule has 0 atom stereocenters. The zero-order valence-corrected chi connectivity index (χ0v) is 41.4. The maximum absolute atomic E-state index is 12.1. The third kappa shape index (κ3) is 14.0. The second-order valence-electron chi connectivity index (χ2n) is 15.0. The average molecular weight is 1050 g/mol. The number of methoxy groups -OCH3 is 4. The van der Waals surface area contributed by atoms with E-state index in [0.29, 0.717) is 39.7 Å². The summed E-state index contributed by atoms with van der Waals surface area (Å²) >= 11 is 3.45. The number of halogens is 1. The molecule has 8 aromatic rings. The van der Waals surface area contributed by atoms with Crippen molar-refractivity contribution in [3.8, 4) is 23.0 Å². The van der Waals surface area contributed by atoms with Crippen LogP contribution in [-0.4, -0.2) is 75.9 Å². The van der Waals surface area contributed by atoms with Crippen molar-refractivity contribution in [2.45, 2.75) is 0 Å². The van der Waals surface area contributed by atoms with Crippen LogP contribution in [0.1, 0.15) is 41.4 Å². The number of nitrogens with zero attached hydrogens (tertiary/aromatic N) is 4. The van der Waals surface area contributed by atoms with Crippen LogP contribution in [0.3, 0.4) is 0 Å². The maximum atomic E-state index is 12.1. The predicted octanol–water partition coefficient (Wildman–Crippen LogP) is 5.81. The molecule has 0 unspecified atom stereocenters. The molecule has 0 bridgehead atoms. The van der Waals surface area contributed by atoms with Crippen LogP contribution in [0.2, 0.25) is 0 Å². The minimum atomic E-state index is -0.578. The van der Waals surface area contributed by atoms with E-state index in [9.17, 15) is 19.2 Å². The van der Waals surface area contributed by atoms with Crippen LogP contribution in [0.5, 0.6) is 23.0 Å². The van der Waals surface area contributed by atoms with Gasteiger partial charge < -0.3 is 64.8 Å². The maximum Gasteiger partial charge on any atom is 0.284 e. The van der Waals surface area contributed by atoms with Gasteiger partial charge in [0.15, 0.2) is 23.8 Å². The Hall–Kier alpha value is -9.76. The minimum Gasteiger partial charge on any atom is -0.496 e. The van der Waals surface area contributed by atoms with Gasteiger partial charge in [-0.1, -0.05) is 113 Å². The topological polar surface area (TPSA) is 363 Å². The van der Waals surface area contributed by atoms with Crippen LogP contribution in [-0.2, 0) is 0 Å². The number of guanidine groups is 4. The minimum absolute atomic E-state index is 0.232. The Morgan fingerprint density at radius 2 is 0.836 bits per heavy atom. The third-order valence-corrected chi connectivity index (χ3v) is 10.9. The van der Waals surface area contributed by atoms with Crippen LogP contribution < -0.4 is 64.8 Å². The number of amides is 4. The molecule has 73 heavy (non-hydrogen) atoms. The van der Waals surface area contributed by atoms with E-state index in [1.54, 1.807) is 36.4 Å². The van der Waals surface area contributed by atoms with Gasteiger partial charge in [-0.05, 0) is 69.4 Å². The molecule has 0 spiro atoms. The van der Waals surface area contributed by atoms with E-state index in [1.807, 2.05) is 103 Å². The van der Waals surface area contributed by atoms with Gasteiger partial charge in [0.25, 0.3) is 23.6 Å². The molecular weight excluding hydrogens is 1000 g/mol. The molecule has 0 heterocycles. The standard InChI is InChI=1S/C14H15N3O3.2C13H13N3O2.C12H10BrN3O/c1-19-11-7-10(13(18)17-14(15)16)12(20-2)9-6-4-3-5-8(9)11;1-18-11-7-9-5-3-2-4-8(9)6-10(11)12(17)16-13(14)15;1-18-11-9-5-3-2-4-8(9)6-7-10(11)12(17)16-13(14)15;13-10-3-1-2-7-6-8(4-5-9(7)10)11(17)16-12(14)15/h3-7H,1-2H3,(H4,15,16,17,18);2*2-7H,1H3,(H4,14,15,16,17);1-6H,(H4,14,15,16,17). The molecule has 0 fully saturated rings. The molecule has 0 aliphatic rings. The summed E-state index contributed by atoms with van der Waals surface area (Å²) in [4.78, 5) is 61.5. The van der Waals surface area contributed by atoms with Gasteiger partial charge in [-0.25, -0.2) is 0 Å². The lowest BCUT2D eigenvalue weighted by Crippen LogP contribution is -2.24. The van der Waals surface area contributed by atoms with Gasteiger partial charge in [0.2, 0.25) is 0 Å². The third-order valence-electron chi connectivity index (χ3n) is 10.2. The molecule has 21 heteroatoms. The SMILES string of the molecule is COc1c(C(=O)N=C(N)N)ccc2ccccc12.COc1cc(C(=O)N=C(N)N)c(OC)c2ccccc12.COc1cc2ccccc2cc1C(=O)N=C(N)N.NC(N)=NC(=O)c1ccc2c(Br)cccc2c1. The van der Waals surface area contributed by atoms with Gasteiger partial charge >= 0.3 is 0 Å². The van der Waals surface area contributed by atoms with Crippen LogP contribution in [0.15, 0.2) is 164 Å². The second-order valence-corrected chi connectivity index (χ2v) is 15.9. The average Bonchev–Trinajstić information content (AvgIpc) is 3.37. The number of aliphatic imine (C=N–C) groups is 4. The molecule has 8 aromatic carbocycles. The smallest absolute Gasteiger partial charge is 0.284 e. The van der Waals surface area contributed by atoms with Gasteiger partial charge in [-0.15, -0.1) is 0 Å². The molecule has 0 aliphatic carbocycles. The molecule has 8 rings (SSSR count). The van der Waals surface area contributed by atoms with Crippen LogP contribution >= 0.6 is 15.9 Å². The van der Waals surface area contributed by atoms with Gasteiger partial charge in [0, 0.05) is 26.2 Å². The summed E-state index contributed by atoms with van der Waals surface area (Å²) in [6.07, 6.45) is 0. The molecular formula is C52H51BrN12O8. The van der Waals surface area contributed by atoms with Crippen LogP contribution in [0.25, 0.3) is 43.1 Å². The Bertz CT molecular complexity index is 3460. The number of carbonyl (C=O) groups excluding carboxylic acids is 4. The number of rotatable bonds is 8. The molecule has 0 aliphatic heterocycles. The second kappa shape index (κ2) is 25.2. The highest BCUT2D eigenvalue weighted by Crippen LogP contribution is 2.37. The highest BCUT2D eigenvalue weighted by Gasteiger charge is 2.19. The summed E-state index contributed by atoms with van der Waals surface area (Å²) in [5.74, 6) is -1.23. The Balaban J connectivity index is 0.000000181. The Morgan fingerprint density at radius 3 is 1.40 bits per heavy atom. The van der Waals surface area contributed by atoms with Crippen molar-refractivity contribution in [2.75, 3.05) is 28.4 Å². The Labute approximate surface area is 426 Å². The fourth-order valence-corrected chi connectivity index (χ4v) is 7.65. The van der Waals surface area contributed by atoms with Crippen molar-refractivity contribution in [2.24, 2.45) is 65.8 Å². The number of nitrogens with two attached hydrogens (primary N) is 8. The fourth-order valence-electron chi connectivity index (χ4n) is 7.14. The zero-order chi connectivity index (χ0) is 53.4. The molecule has 374 valence electrons. The van der Waals surface area contributed by atoms with Crippen molar-refractivity contribution in [3.05, 3.63) is 166 Å². The molecule has 0 aromatic heterocycles. The highest BCUT2D eigenvalue weighted by molar-refractivity contribution is 9.10. The first-order chi connectivity index (χ1) is 34.9. The summed E-state index contributed by atoms with van der Waals surface area (Å²) in [5.41, 5.74) is 43.0. The quantitative estimate of drug-likeness (QED) is 0.0657. The van der Waals surface area contributed by atoms with E-state index in [2.05, 4.69) is 35.9 Å². The largest absolute Gasteiger partial charge is 0.496 e. The fraction of sp³-hybridized carbons (Fsp3) is 0.0769. The first-order valence-corrected chi connectivity index (χ1v) is 22.2. The van der Waals surface area contributed by atoms with Crippen molar-refractivity contribution in [1.29, 1.82) is 0 Å². The van der Waals surface area contributed by atoms with Gasteiger partial charge in [0.1, 0.15) is 23.0 Å². The summed E-state index contributed by atoms with van der Waals surface area (Å²) in [5, 5.41) is 7.32. The molecule has 0 radical (unpaired) electrons. The summed E-state index contributed by atoms with van der Waals surface area (Å²) in [6.45, 7) is 0. The molecule has 0 saturated heterocycles. The Kier molecular flexibility index (Phi) is 18.7. The normalized spacial score (nSPS) is 10.1.